The van der Waals surface area contributed by atoms with Gasteiger partial charge in [0.05, 0.1) is 12.7 Å². The van der Waals surface area contributed by atoms with E-state index in [-0.39, 0.29) is 12.2 Å². The Balaban J connectivity index is 2.15. The van der Waals surface area contributed by atoms with Gasteiger partial charge in [-0.15, -0.1) is 0 Å². The second kappa shape index (κ2) is 4.28. The van der Waals surface area contributed by atoms with Gasteiger partial charge in [-0.2, -0.15) is 0 Å². The molecular weight excluding hydrogens is 214 g/mol. The molecule has 0 saturated heterocycles. The highest BCUT2D eigenvalue weighted by atomic mass is 35.5. The van der Waals surface area contributed by atoms with E-state index in [2.05, 4.69) is 4.98 Å². The first kappa shape index (κ1) is 9.93. The molecule has 4 heteroatoms. The number of pyridine rings is 1. The smallest absolute Gasteiger partial charge is 0.170 e. The van der Waals surface area contributed by atoms with Gasteiger partial charge in [-0.3, -0.25) is 4.79 Å². The summed E-state index contributed by atoms with van der Waals surface area (Å²) in [6.07, 6.45) is 3.30. The molecule has 2 rings (SSSR count). The molecule has 15 heavy (non-hydrogen) atoms. The summed E-state index contributed by atoms with van der Waals surface area (Å²) in [5.41, 5.74) is 0.548. The molecule has 0 N–H and O–H groups in total. The number of halogens is 1. The van der Waals surface area contributed by atoms with Gasteiger partial charge >= 0.3 is 0 Å². The minimum atomic E-state index is -0.0331. The first-order valence-electron chi connectivity index (χ1n) is 4.43. The van der Waals surface area contributed by atoms with E-state index >= 15 is 0 Å². The maximum Gasteiger partial charge on any atom is 0.170 e. The molecule has 3 nitrogen and oxygen atoms in total. The predicted molar refractivity (Wildman–Crippen MR) is 56.0 cm³/mol. The summed E-state index contributed by atoms with van der Waals surface area (Å²) in [5.74, 6) is 0.613. The predicted octanol–water partition coefficient (Wildman–Crippen LogP) is 2.75. The van der Waals surface area contributed by atoms with Crippen LogP contribution in [0.15, 0.2) is 41.1 Å². The molecule has 0 aliphatic rings. The van der Waals surface area contributed by atoms with E-state index in [4.69, 9.17) is 16.0 Å². The van der Waals surface area contributed by atoms with Crippen molar-refractivity contribution in [2.45, 2.75) is 6.42 Å². The van der Waals surface area contributed by atoms with Gasteiger partial charge in [-0.25, -0.2) is 4.98 Å². The number of Topliss-reactive ketones (excluding diaryl/α,β-unsaturated/α-hetero) is 1. The van der Waals surface area contributed by atoms with Crippen LogP contribution in [0, 0.1) is 0 Å². The zero-order valence-corrected chi connectivity index (χ0v) is 8.57. The van der Waals surface area contributed by atoms with Gasteiger partial charge in [0, 0.05) is 11.8 Å². The Morgan fingerprint density at radius 1 is 1.47 bits per heavy atom. The van der Waals surface area contributed by atoms with Crippen LogP contribution in [0.5, 0.6) is 0 Å². The summed E-state index contributed by atoms with van der Waals surface area (Å²) in [7, 11) is 0. The summed E-state index contributed by atoms with van der Waals surface area (Å²) in [5, 5.41) is 0.320. The SMILES string of the molecule is O=C(Cc1ccco1)c1ccnc(Cl)c1. The van der Waals surface area contributed by atoms with Gasteiger partial charge < -0.3 is 4.42 Å². The zero-order valence-electron chi connectivity index (χ0n) is 7.81. The van der Waals surface area contributed by atoms with E-state index < -0.39 is 0 Å². The number of carbonyl (C=O) groups excluding carboxylic acids is 1. The van der Waals surface area contributed by atoms with Gasteiger partial charge in [0.15, 0.2) is 5.78 Å². The number of aromatic nitrogens is 1. The summed E-state index contributed by atoms with van der Waals surface area (Å²) >= 11 is 5.68. The van der Waals surface area contributed by atoms with Crippen LogP contribution < -0.4 is 0 Å². The topological polar surface area (TPSA) is 43.1 Å². The molecular formula is C11H8ClNO2. The molecule has 0 bridgehead atoms. The Labute approximate surface area is 91.7 Å². The van der Waals surface area contributed by atoms with E-state index in [1.807, 2.05) is 0 Å². The largest absolute Gasteiger partial charge is 0.469 e. The van der Waals surface area contributed by atoms with Crippen LogP contribution in [0.2, 0.25) is 5.15 Å². The van der Waals surface area contributed by atoms with E-state index in [1.165, 1.54) is 6.20 Å². The van der Waals surface area contributed by atoms with Gasteiger partial charge in [0.25, 0.3) is 0 Å². The van der Waals surface area contributed by atoms with Crippen LogP contribution in [0.25, 0.3) is 0 Å². The van der Waals surface area contributed by atoms with Crippen LogP contribution in [-0.4, -0.2) is 10.8 Å². The molecule has 0 radical (unpaired) electrons. The van der Waals surface area contributed by atoms with E-state index in [0.717, 1.165) is 0 Å². The fourth-order valence-corrected chi connectivity index (χ4v) is 1.42. The number of nitrogens with zero attached hydrogens (tertiary/aromatic N) is 1. The second-order valence-electron chi connectivity index (χ2n) is 3.05. The molecule has 0 aromatic carbocycles. The van der Waals surface area contributed by atoms with Crippen molar-refractivity contribution < 1.29 is 9.21 Å². The average Bonchev–Trinajstić information content (AvgIpc) is 2.70. The lowest BCUT2D eigenvalue weighted by atomic mass is 10.1. The highest BCUT2D eigenvalue weighted by molar-refractivity contribution is 6.29. The Bertz CT molecular complexity index is 465. The van der Waals surface area contributed by atoms with Gasteiger partial charge in [0.1, 0.15) is 10.9 Å². The van der Waals surface area contributed by atoms with Crippen molar-refractivity contribution in [2.24, 2.45) is 0 Å². The maximum absolute atomic E-state index is 11.7. The second-order valence-corrected chi connectivity index (χ2v) is 3.43. The molecule has 2 heterocycles. The molecule has 0 aliphatic heterocycles. The lowest BCUT2D eigenvalue weighted by molar-refractivity contribution is 0.0987. The van der Waals surface area contributed by atoms with Crippen molar-refractivity contribution in [1.82, 2.24) is 4.98 Å². The van der Waals surface area contributed by atoms with Crippen LogP contribution in [0.3, 0.4) is 0 Å². The molecule has 0 unspecified atom stereocenters. The fourth-order valence-electron chi connectivity index (χ4n) is 1.25. The first-order valence-corrected chi connectivity index (χ1v) is 4.80. The summed E-state index contributed by atoms with van der Waals surface area (Å²) in [6, 6.07) is 6.70. The van der Waals surface area contributed by atoms with Crippen molar-refractivity contribution in [3.05, 3.63) is 53.2 Å². The van der Waals surface area contributed by atoms with Gasteiger partial charge in [0.2, 0.25) is 0 Å². The minimum absolute atomic E-state index is 0.0331. The number of ketones is 1. The molecule has 0 atom stereocenters. The standard InChI is InChI=1S/C11H8ClNO2/c12-11-6-8(3-4-13-11)10(14)7-9-2-1-5-15-9/h1-6H,7H2. The summed E-state index contributed by atoms with van der Waals surface area (Å²) in [6.45, 7) is 0. The highest BCUT2D eigenvalue weighted by Gasteiger charge is 2.09. The molecule has 0 saturated carbocycles. The first-order chi connectivity index (χ1) is 7.25. The van der Waals surface area contributed by atoms with Crippen LogP contribution in [0.1, 0.15) is 16.1 Å². The van der Waals surface area contributed by atoms with Crippen LogP contribution in [0.4, 0.5) is 0 Å². The molecule has 2 aromatic heterocycles. The van der Waals surface area contributed by atoms with Crippen molar-refractivity contribution in [3.63, 3.8) is 0 Å². The van der Waals surface area contributed by atoms with Crippen molar-refractivity contribution >= 4 is 17.4 Å². The number of rotatable bonds is 3. The Hall–Kier alpha value is -1.61. The van der Waals surface area contributed by atoms with E-state index in [0.29, 0.717) is 16.5 Å². The fraction of sp³-hybridized carbons (Fsp3) is 0.0909. The molecule has 2 aromatic rings. The van der Waals surface area contributed by atoms with Gasteiger partial charge in [-0.1, -0.05) is 11.6 Å². The van der Waals surface area contributed by atoms with Crippen molar-refractivity contribution in [1.29, 1.82) is 0 Å². The van der Waals surface area contributed by atoms with Crippen molar-refractivity contribution in [2.75, 3.05) is 0 Å². The molecule has 0 spiro atoms. The summed E-state index contributed by atoms with van der Waals surface area (Å²) in [4.78, 5) is 15.5. The van der Waals surface area contributed by atoms with E-state index in [9.17, 15) is 4.79 Å². The normalized spacial score (nSPS) is 10.2. The Kier molecular flexibility index (Phi) is 2.83. The monoisotopic (exact) mass is 221 g/mol. The molecule has 0 amide bonds. The molecule has 76 valence electrons. The van der Waals surface area contributed by atoms with Crippen LogP contribution >= 0.6 is 11.6 Å². The van der Waals surface area contributed by atoms with E-state index in [1.54, 1.807) is 30.5 Å². The maximum atomic E-state index is 11.7. The van der Waals surface area contributed by atoms with Crippen LogP contribution in [-0.2, 0) is 6.42 Å². The highest BCUT2D eigenvalue weighted by Crippen LogP contribution is 2.11. The number of furan rings is 1. The third-order valence-electron chi connectivity index (χ3n) is 1.96. The zero-order chi connectivity index (χ0) is 10.7. The number of carbonyl (C=O) groups is 1. The lowest BCUT2D eigenvalue weighted by Gasteiger charge is -1.98. The Morgan fingerprint density at radius 3 is 3.00 bits per heavy atom. The van der Waals surface area contributed by atoms with Crippen molar-refractivity contribution in [3.8, 4) is 0 Å². The quantitative estimate of drug-likeness (QED) is 0.591. The third kappa shape index (κ3) is 2.44. The number of hydrogen-bond donors (Lipinski definition) is 0. The molecule has 0 fully saturated rings. The number of hydrogen-bond acceptors (Lipinski definition) is 3. The van der Waals surface area contributed by atoms with Gasteiger partial charge in [-0.05, 0) is 24.3 Å². The Morgan fingerprint density at radius 2 is 2.33 bits per heavy atom. The lowest BCUT2D eigenvalue weighted by Crippen LogP contribution is -2.02. The third-order valence-corrected chi connectivity index (χ3v) is 2.17. The summed E-state index contributed by atoms with van der Waals surface area (Å²) < 4.78 is 5.09. The average molecular weight is 222 g/mol. The minimum Gasteiger partial charge on any atom is -0.469 e. The molecule has 0 aliphatic carbocycles.